The van der Waals surface area contributed by atoms with Gasteiger partial charge in [-0.05, 0) is 41.3 Å². The van der Waals surface area contributed by atoms with Gasteiger partial charge in [0.1, 0.15) is 11.6 Å². The van der Waals surface area contributed by atoms with Crippen LogP contribution in [0.5, 0.6) is 0 Å². The Morgan fingerprint density at radius 2 is 1.61 bits per heavy atom. The number of nitrogens with two attached hydrogens (primary N) is 1. The Morgan fingerprint density at radius 3 is 2.44 bits per heavy atom. The molecule has 0 fully saturated rings. The van der Waals surface area contributed by atoms with E-state index < -0.39 is 17.8 Å². The van der Waals surface area contributed by atoms with Crippen LogP contribution in [-0.4, -0.2) is 21.7 Å². The van der Waals surface area contributed by atoms with Crippen LogP contribution in [0.4, 0.5) is 20.7 Å². The quantitative estimate of drug-likeness (QED) is 0.300. The molecule has 0 saturated carbocycles. The number of carbonyl (C=O) groups is 2. The highest BCUT2D eigenvalue weighted by atomic mass is 19.1. The van der Waals surface area contributed by atoms with E-state index in [-0.39, 0.29) is 6.42 Å². The third kappa shape index (κ3) is 4.78. The number of nitrogens with zero attached hydrogens (tertiary/aromatic N) is 2. The average Bonchev–Trinajstić information content (AvgIpc) is 3.27. The number of nitrogens with one attached hydrogen (secondary N) is 2. The molecule has 0 unspecified atom stereocenters. The maximum atomic E-state index is 14.5. The van der Waals surface area contributed by atoms with Crippen LogP contribution in [0, 0.1) is 5.82 Å². The fourth-order valence-corrected chi connectivity index (χ4v) is 4.07. The van der Waals surface area contributed by atoms with Crippen LogP contribution in [0.1, 0.15) is 5.56 Å². The number of anilines is 2. The van der Waals surface area contributed by atoms with Crippen molar-refractivity contribution in [3.05, 3.63) is 108 Å². The van der Waals surface area contributed by atoms with Gasteiger partial charge in [-0.1, -0.05) is 60.7 Å². The Balaban J connectivity index is 1.51. The second-order valence-electron chi connectivity index (χ2n) is 8.23. The first-order valence-corrected chi connectivity index (χ1v) is 11.3. The Hall–Kier alpha value is -4.98. The lowest BCUT2D eigenvalue weighted by Gasteiger charge is -2.12. The van der Waals surface area contributed by atoms with Crippen LogP contribution in [0.2, 0.25) is 0 Å². The Morgan fingerprint density at radius 1 is 0.861 bits per heavy atom. The van der Waals surface area contributed by atoms with E-state index >= 15 is 0 Å². The van der Waals surface area contributed by atoms with E-state index in [1.807, 2.05) is 42.5 Å². The summed E-state index contributed by atoms with van der Waals surface area (Å²) >= 11 is 0. The molecule has 8 heteroatoms. The maximum Gasteiger partial charge on any atom is 0.324 e. The molecule has 0 atom stereocenters. The Kier molecular flexibility index (Phi) is 6.15. The van der Waals surface area contributed by atoms with Crippen molar-refractivity contribution in [2.45, 2.75) is 6.42 Å². The minimum absolute atomic E-state index is 0.0552. The molecule has 0 bridgehead atoms. The molecule has 0 spiro atoms. The summed E-state index contributed by atoms with van der Waals surface area (Å²) in [7, 11) is 0. The summed E-state index contributed by atoms with van der Waals surface area (Å²) in [6.45, 7) is 0. The van der Waals surface area contributed by atoms with Gasteiger partial charge in [-0.25, -0.2) is 13.9 Å². The largest absolute Gasteiger partial charge is 0.369 e. The lowest BCUT2D eigenvalue weighted by molar-refractivity contribution is -0.117. The molecule has 178 valence electrons. The number of urea groups is 1. The fraction of sp³-hybridized carbons (Fsp3) is 0.0357. The Bertz CT molecular complexity index is 1590. The average molecular weight is 480 g/mol. The summed E-state index contributed by atoms with van der Waals surface area (Å²) in [5.74, 6) is -0.578. The van der Waals surface area contributed by atoms with Crippen molar-refractivity contribution in [3.8, 4) is 16.9 Å². The fourth-order valence-electron chi connectivity index (χ4n) is 4.07. The molecule has 4 aromatic carbocycles. The van der Waals surface area contributed by atoms with Crippen molar-refractivity contribution in [1.82, 2.24) is 9.78 Å². The van der Waals surface area contributed by atoms with E-state index in [1.54, 1.807) is 48.5 Å². The van der Waals surface area contributed by atoms with Gasteiger partial charge >= 0.3 is 6.03 Å². The zero-order chi connectivity index (χ0) is 25.1. The van der Waals surface area contributed by atoms with Crippen molar-refractivity contribution in [2.75, 3.05) is 10.6 Å². The van der Waals surface area contributed by atoms with Crippen LogP contribution in [0.15, 0.2) is 97.1 Å². The number of amides is 3. The smallest absolute Gasteiger partial charge is 0.324 e. The van der Waals surface area contributed by atoms with Crippen molar-refractivity contribution < 1.29 is 14.0 Å². The van der Waals surface area contributed by atoms with Crippen LogP contribution in [0.3, 0.4) is 0 Å². The molecule has 1 heterocycles. The molecular formula is C28H22FN5O2. The van der Waals surface area contributed by atoms with Crippen molar-refractivity contribution in [1.29, 1.82) is 0 Å². The van der Waals surface area contributed by atoms with Crippen molar-refractivity contribution >= 4 is 34.2 Å². The molecule has 36 heavy (non-hydrogen) atoms. The third-order valence-corrected chi connectivity index (χ3v) is 5.67. The van der Waals surface area contributed by atoms with E-state index in [9.17, 15) is 14.0 Å². The van der Waals surface area contributed by atoms with Crippen LogP contribution < -0.4 is 16.4 Å². The molecule has 4 N–H and O–H groups in total. The first-order valence-electron chi connectivity index (χ1n) is 11.3. The predicted octanol–water partition coefficient (Wildman–Crippen LogP) is 5.50. The number of carbonyl (C=O) groups excluding carboxylic acids is 2. The second-order valence-corrected chi connectivity index (χ2v) is 8.23. The third-order valence-electron chi connectivity index (χ3n) is 5.67. The molecule has 5 aromatic rings. The van der Waals surface area contributed by atoms with E-state index in [4.69, 9.17) is 5.73 Å². The minimum Gasteiger partial charge on any atom is -0.369 e. The summed E-state index contributed by atoms with van der Waals surface area (Å²) in [4.78, 5) is 24.5. The molecule has 0 radical (unpaired) electrons. The Labute approximate surface area is 206 Å². The van der Waals surface area contributed by atoms with Crippen LogP contribution in [0.25, 0.3) is 27.7 Å². The normalized spacial score (nSPS) is 10.8. The number of halogens is 1. The van der Waals surface area contributed by atoms with Gasteiger partial charge in [0.25, 0.3) is 0 Å². The zero-order valence-corrected chi connectivity index (χ0v) is 19.1. The standard InChI is InChI=1S/C28H22FN5O2/c29-23-13-4-3-12-22(23)25-17-27(34(33-25)20-10-5-7-18(15-20)16-26(30)35)32-28(36)31-24-14-6-9-19-8-1-2-11-21(19)24/h1-15,17H,16H2,(H2,30,35)(H2,31,32,36). The number of hydrogen-bond donors (Lipinski definition) is 3. The number of rotatable bonds is 6. The molecule has 5 rings (SSSR count). The lowest BCUT2D eigenvalue weighted by Crippen LogP contribution is -2.21. The van der Waals surface area contributed by atoms with Gasteiger partial charge in [0, 0.05) is 17.0 Å². The van der Waals surface area contributed by atoms with Crippen LogP contribution >= 0.6 is 0 Å². The van der Waals surface area contributed by atoms with Gasteiger partial charge in [-0.15, -0.1) is 0 Å². The molecule has 0 saturated heterocycles. The number of benzene rings is 4. The van der Waals surface area contributed by atoms with Gasteiger partial charge in [0.15, 0.2) is 0 Å². The first kappa shape index (κ1) is 22.8. The maximum absolute atomic E-state index is 14.5. The van der Waals surface area contributed by atoms with E-state index in [0.717, 1.165) is 10.8 Å². The number of hydrogen-bond acceptors (Lipinski definition) is 3. The SMILES string of the molecule is NC(=O)Cc1cccc(-n2nc(-c3ccccc3F)cc2NC(=O)Nc2cccc3ccccc23)c1. The molecule has 0 aliphatic rings. The first-order chi connectivity index (χ1) is 17.5. The van der Waals surface area contributed by atoms with Crippen LogP contribution in [-0.2, 0) is 11.2 Å². The molecule has 7 nitrogen and oxygen atoms in total. The van der Waals surface area contributed by atoms with Crippen molar-refractivity contribution in [3.63, 3.8) is 0 Å². The monoisotopic (exact) mass is 479 g/mol. The number of fused-ring (bicyclic) bond motifs is 1. The van der Waals surface area contributed by atoms with E-state index in [0.29, 0.717) is 34.0 Å². The molecule has 3 amide bonds. The van der Waals surface area contributed by atoms with Crippen molar-refractivity contribution in [2.24, 2.45) is 5.73 Å². The predicted molar refractivity (Wildman–Crippen MR) is 138 cm³/mol. The summed E-state index contributed by atoms with van der Waals surface area (Å²) in [6, 6.07) is 27.8. The topological polar surface area (TPSA) is 102 Å². The highest BCUT2D eigenvalue weighted by Gasteiger charge is 2.17. The second kappa shape index (κ2) is 9.71. The summed E-state index contributed by atoms with van der Waals surface area (Å²) in [5, 5.41) is 12.2. The molecule has 0 aliphatic carbocycles. The highest BCUT2D eigenvalue weighted by Crippen LogP contribution is 2.28. The molecule has 0 aliphatic heterocycles. The lowest BCUT2D eigenvalue weighted by atomic mass is 10.1. The summed E-state index contributed by atoms with van der Waals surface area (Å²) < 4.78 is 16.0. The van der Waals surface area contributed by atoms with Gasteiger partial charge in [0.2, 0.25) is 5.91 Å². The summed E-state index contributed by atoms with van der Waals surface area (Å²) in [5.41, 5.74) is 7.90. The summed E-state index contributed by atoms with van der Waals surface area (Å²) in [6.07, 6.45) is 0.0552. The molecular weight excluding hydrogens is 457 g/mol. The zero-order valence-electron chi connectivity index (χ0n) is 19.1. The van der Waals surface area contributed by atoms with E-state index in [2.05, 4.69) is 15.7 Å². The van der Waals surface area contributed by atoms with Gasteiger partial charge < -0.3 is 11.1 Å². The van der Waals surface area contributed by atoms with E-state index in [1.165, 1.54) is 10.7 Å². The van der Waals surface area contributed by atoms with Gasteiger partial charge in [-0.3, -0.25) is 10.1 Å². The highest BCUT2D eigenvalue weighted by molar-refractivity contribution is 6.06. The minimum atomic E-state index is -0.485. The molecule has 1 aromatic heterocycles. The number of primary amides is 1. The number of aromatic nitrogens is 2. The van der Waals surface area contributed by atoms with Gasteiger partial charge in [-0.2, -0.15) is 5.10 Å². The van der Waals surface area contributed by atoms with Gasteiger partial charge in [0.05, 0.1) is 23.5 Å².